The summed E-state index contributed by atoms with van der Waals surface area (Å²) in [5, 5.41) is 10.1. The second-order valence-electron chi connectivity index (χ2n) is 8.00. The van der Waals surface area contributed by atoms with Crippen molar-refractivity contribution in [1.82, 2.24) is 14.8 Å². The van der Waals surface area contributed by atoms with Crippen molar-refractivity contribution in [3.05, 3.63) is 65.6 Å². The molecule has 5 rings (SSSR count). The SMILES string of the molecule is CC1(C)CC(=O)C2=C(C1)Nc1ncnn1[C@H]2c1ccc2ccccc2c1. The van der Waals surface area contributed by atoms with E-state index in [0.717, 1.165) is 28.6 Å². The lowest BCUT2D eigenvalue weighted by Gasteiger charge is -2.38. The molecule has 0 amide bonds. The largest absolute Gasteiger partial charge is 0.328 e. The van der Waals surface area contributed by atoms with Gasteiger partial charge in [-0.25, -0.2) is 4.68 Å². The normalized spacial score (nSPS) is 21.3. The van der Waals surface area contributed by atoms with Gasteiger partial charge in [-0.1, -0.05) is 50.2 Å². The number of carbonyl (C=O) groups excluding carboxylic acids is 1. The maximum absolute atomic E-state index is 13.1. The Morgan fingerprint density at radius 2 is 1.92 bits per heavy atom. The van der Waals surface area contributed by atoms with E-state index in [2.05, 4.69) is 59.6 Å². The highest BCUT2D eigenvalue weighted by Gasteiger charge is 2.41. The molecule has 0 saturated carbocycles. The first-order valence-corrected chi connectivity index (χ1v) is 8.93. The smallest absolute Gasteiger partial charge is 0.226 e. The summed E-state index contributed by atoms with van der Waals surface area (Å²) in [4.78, 5) is 17.4. The molecule has 0 fully saturated rings. The van der Waals surface area contributed by atoms with Crippen molar-refractivity contribution in [1.29, 1.82) is 0 Å². The Morgan fingerprint density at radius 3 is 2.77 bits per heavy atom. The number of anilines is 1. The average Bonchev–Trinajstić information content (AvgIpc) is 3.06. The van der Waals surface area contributed by atoms with E-state index in [0.29, 0.717) is 12.4 Å². The van der Waals surface area contributed by atoms with Gasteiger partial charge in [0.05, 0.1) is 0 Å². The first-order chi connectivity index (χ1) is 12.5. The van der Waals surface area contributed by atoms with Crippen LogP contribution < -0.4 is 5.32 Å². The standard InChI is InChI=1S/C21H20N4O/c1-21(2)10-16-18(17(26)11-21)19(25-20(24-16)22-12-23-25)15-8-7-13-5-3-4-6-14(13)9-15/h3-9,12,19H,10-11H2,1-2H3,(H,22,23,24)/t19-/m0/s1. The molecule has 130 valence electrons. The van der Waals surface area contributed by atoms with Crippen LogP contribution in [0.15, 0.2) is 60.1 Å². The number of rotatable bonds is 1. The van der Waals surface area contributed by atoms with E-state index in [-0.39, 0.29) is 17.2 Å². The zero-order chi connectivity index (χ0) is 17.9. The van der Waals surface area contributed by atoms with Crippen molar-refractivity contribution < 1.29 is 4.79 Å². The van der Waals surface area contributed by atoms with Crippen LogP contribution in [0, 0.1) is 5.41 Å². The first kappa shape index (κ1) is 15.3. The highest BCUT2D eigenvalue weighted by molar-refractivity contribution is 6.00. The van der Waals surface area contributed by atoms with Gasteiger partial charge in [-0.2, -0.15) is 10.1 Å². The summed E-state index contributed by atoms with van der Waals surface area (Å²) in [6.07, 6.45) is 2.94. The van der Waals surface area contributed by atoms with E-state index in [1.54, 1.807) is 6.33 Å². The van der Waals surface area contributed by atoms with Crippen molar-refractivity contribution in [2.45, 2.75) is 32.7 Å². The number of allylic oxidation sites excluding steroid dienone is 2. The lowest BCUT2D eigenvalue weighted by Crippen LogP contribution is -2.36. The highest BCUT2D eigenvalue weighted by atomic mass is 16.1. The summed E-state index contributed by atoms with van der Waals surface area (Å²) in [6.45, 7) is 4.28. The molecule has 0 radical (unpaired) electrons. The number of fused-ring (bicyclic) bond motifs is 2. The fraction of sp³-hybridized carbons (Fsp3) is 0.286. The topological polar surface area (TPSA) is 59.8 Å². The van der Waals surface area contributed by atoms with E-state index in [4.69, 9.17) is 0 Å². The third-order valence-electron chi connectivity index (χ3n) is 5.36. The summed E-state index contributed by atoms with van der Waals surface area (Å²) in [6, 6.07) is 14.4. The third-order valence-corrected chi connectivity index (χ3v) is 5.36. The Morgan fingerprint density at radius 1 is 1.12 bits per heavy atom. The molecule has 1 N–H and O–H groups in total. The number of carbonyl (C=O) groups is 1. The Bertz CT molecular complexity index is 1080. The quantitative estimate of drug-likeness (QED) is 0.722. The van der Waals surface area contributed by atoms with Crippen LogP contribution in [0.25, 0.3) is 10.8 Å². The van der Waals surface area contributed by atoms with Gasteiger partial charge in [0.1, 0.15) is 12.4 Å². The van der Waals surface area contributed by atoms with E-state index in [1.165, 1.54) is 5.39 Å². The van der Waals surface area contributed by atoms with E-state index in [1.807, 2.05) is 16.8 Å². The Labute approximate surface area is 151 Å². The van der Waals surface area contributed by atoms with Gasteiger partial charge in [0.15, 0.2) is 5.78 Å². The minimum absolute atomic E-state index is 0.0426. The summed E-state index contributed by atoms with van der Waals surface area (Å²) in [5.74, 6) is 0.899. The molecule has 2 aliphatic rings. The number of nitrogens with one attached hydrogen (secondary N) is 1. The Hall–Kier alpha value is -2.95. The zero-order valence-electron chi connectivity index (χ0n) is 14.9. The summed E-state index contributed by atoms with van der Waals surface area (Å²) >= 11 is 0. The minimum atomic E-state index is -0.225. The lowest BCUT2D eigenvalue weighted by molar-refractivity contribution is -0.118. The maximum atomic E-state index is 13.1. The fourth-order valence-corrected chi connectivity index (χ4v) is 4.23. The molecule has 0 bridgehead atoms. The molecular formula is C21H20N4O. The van der Waals surface area contributed by atoms with Crippen LogP contribution >= 0.6 is 0 Å². The monoisotopic (exact) mass is 344 g/mol. The molecule has 2 heterocycles. The Balaban J connectivity index is 1.72. The number of ketones is 1. The number of aromatic nitrogens is 3. The van der Waals surface area contributed by atoms with Gasteiger partial charge in [0, 0.05) is 17.7 Å². The van der Waals surface area contributed by atoms with Gasteiger partial charge in [-0.05, 0) is 34.2 Å². The molecule has 2 aromatic carbocycles. The van der Waals surface area contributed by atoms with E-state index >= 15 is 0 Å². The number of benzene rings is 2. The van der Waals surface area contributed by atoms with Crippen molar-refractivity contribution in [3.8, 4) is 0 Å². The third kappa shape index (κ3) is 2.27. The van der Waals surface area contributed by atoms with Crippen LogP contribution in [0.2, 0.25) is 0 Å². The molecule has 3 aromatic rings. The fourth-order valence-electron chi connectivity index (χ4n) is 4.23. The highest BCUT2D eigenvalue weighted by Crippen LogP contribution is 2.45. The van der Waals surface area contributed by atoms with Gasteiger partial charge in [0.2, 0.25) is 5.95 Å². The molecule has 0 unspecified atom stereocenters. The van der Waals surface area contributed by atoms with Gasteiger partial charge < -0.3 is 5.32 Å². The van der Waals surface area contributed by atoms with Gasteiger partial charge >= 0.3 is 0 Å². The molecule has 26 heavy (non-hydrogen) atoms. The van der Waals surface area contributed by atoms with E-state index < -0.39 is 0 Å². The molecule has 0 spiro atoms. The van der Waals surface area contributed by atoms with Crippen molar-refractivity contribution in [2.75, 3.05) is 5.32 Å². The Kier molecular flexibility index (Phi) is 3.11. The molecule has 1 aliphatic carbocycles. The molecule has 1 aromatic heterocycles. The summed E-state index contributed by atoms with van der Waals surface area (Å²) in [5.41, 5.74) is 2.85. The molecule has 5 nitrogen and oxygen atoms in total. The molecule has 0 saturated heterocycles. The van der Waals surface area contributed by atoms with Gasteiger partial charge in [0.25, 0.3) is 0 Å². The van der Waals surface area contributed by atoms with Crippen LogP contribution in [0.4, 0.5) is 5.95 Å². The first-order valence-electron chi connectivity index (χ1n) is 8.93. The summed E-state index contributed by atoms with van der Waals surface area (Å²) < 4.78 is 1.83. The van der Waals surface area contributed by atoms with Crippen LogP contribution in [-0.2, 0) is 4.79 Å². The maximum Gasteiger partial charge on any atom is 0.226 e. The second kappa shape index (κ2) is 5.27. The van der Waals surface area contributed by atoms with Gasteiger partial charge in [-0.15, -0.1) is 0 Å². The van der Waals surface area contributed by atoms with Crippen LogP contribution in [0.5, 0.6) is 0 Å². The van der Waals surface area contributed by atoms with Gasteiger partial charge in [-0.3, -0.25) is 4.79 Å². The number of hydrogen-bond acceptors (Lipinski definition) is 4. The lowest BCUT2D eigenvalue weighted by atomic mass is 9.73. The molecule has 5 heteroatoms. The minimum Gasteiger partial charge on any atom is -0.328 e. The molecule has 1 aliphatic heterocycles. The van der Waals surface area contributed by atoms with Crippen LogP contribution in [0.3, 0.4) is 0 Å². The number of Topliss-reactive ketones (excluding diaryl/α,β-unsaturated/α-hetero) is 1. The van der Waals surface area contributed by atoms with Crippen LogP contribution in [0.1, 0.15) is 38.3 Å². The average molecular weight is 344 g/mol. The zero-order valence-corrected chi connectivity index (χ0v) is 14.9. The van der Waals surface area contributed by atoms with Crippen molar-refractivity contribution in [3.63, 3.8) is 0 Å². The van der Waals surface area contributed by atoms with Crippen molar-refractivity contribution in [2.24, 2.45) is 5.41 Å². The van der Waals surface area contributed by atoms with Crippen molar-refractivity contribution >= 4 is 22.5 Å². The number of nitrogens with zero attached hydrogens (tertiary/aromatic N) is 3. The summed E-state index contributed by atoms with van der Waals surface area (Å²) in [7, 11) is 0. The second-order valence-corrected chi connectivity index (χ2v) is 8.00. The predicted molar refractivity (Wildman–Crippen MR) is 101 cm³/mol. The van der Waals surface area contributed by atoms with Crippen LogP contribution in [-0.4, -0.2) is 20.5 Å². The van der Waals surface area contributed by atoms with E-state index in [9.17, 15) is 4.79 Å². The number of hydrogen-bond donors (Lipinski definition) is 1. The molecular weight excluding hydrogens is 324 g/mol. The predicted octanol–water partition coefficient (Wildman–Crippen LogP) is 4.09. The molecule has 1 atom stereocenters.